The summed E-state index contributed by atoms with van der Waals surface area (Å²) in [4.78, 5) is 47.3. The molecule has 2 aromatic heterocycles. The number of carbonyl (C=O) groups is 2. The second kappa shape index (κ2) is 8.39. The number of H-pyrrole nitrogens is 1. The molecule has 8 heteroatoms. The molecule has 0 spiro atoms. The lowest BCUT2D eigenvalue weighted by Gasteiger charge is -2.31. The predicted octanol–water partition coefficient (Wildman–Crippen LogP) is 3.35. The van der Waals surface area contributed by atoms with Gasteiger partial charge in [-0.15, -0.1) is 11.3 Å². The zero-order chi connectivity index (χ0) is 21.3. The van der Waals surface area contributed by atoms with E-state index in [1.165, 1.54) is 23.2 Å². The van der Waals surface area contributed by atoms with E-state index < -0.39 is 0 Å². The third-order valence-electron chi connectivity index (χ3n) is 5.71. The Bertz CT molecular complexity index is 1140. The van der Waals surface area contributed by atoms with E-state index in [4.69, 9.17) is 0 Å². The van der Waals surface area contributed by atoms with E-state index >= 15 is 0 Å². The van der Waals surface area contributed by atoms with Crippen molar-refractivity contribution in [2.45, 2.75) is 33.1 Å². The number of hydrogen-bond acceptors (Lipinski definition) is 5. The molecule has 3 heterocycles. The maximum atomic E-state index is 13.0. The molecule has 156 valence electrons. The highest BCUT2D eigenvalue weighted by Gasteiger charge is 2.30. The molecule has 2 amide bonds. The number of piperidine rings is 1. The number of thiophene rings is 1. The van der Waals surface area contributed by atoms with Gasteiger partial charge in [0.05, 0.1) is 16.6 Å². The fourth-order valence-electron chi connectivity index (χ4n) is 3.84. The quantitative estimate of drug-likeness (QED) is 0.671. The van der Waals surface area contributed by atoms with Crippen molar-refractivity contribution in [1.29, 1.82) is 0 Å². The van der Waals surface area contributed by atoms with Crippen LogP contribution in [0.1, 0.15) is 40.6 Å². The molecular weight excluding hydrogens is 400 g/mol. The first-order valence-corrected chi connectivity index (χ1v) is 11.0. The molecule has 2 N–H and O–H groups in total. The molecule has 0 unspecified atom stereocenters. The Morgan fingerprint density at radius 3 is 2.57 bits per heavy atom. The molecule has 0 saturated carbocycles. The van der Waals surface area contributed by atoms with Gasteiger partial charge in [0.2, 0.25) is 5.91 Å². The van der Waals surface area contributed by atoms with Gasteiger partial charge in [-0.1, -0.05) is 19.1 Å². The lowest BCUT2D eigenvalue weighted by Crippen LogP contribution is -2.41. The van der Waals surface area contributed by atoms with E-state index in [1.807, 2.05) is 24.3 Å². The zero-order valence-electron chi connectivity index (χ0n) is 17.0. The largest absolute Gasteiger partial charge is 0.338 e. The number of likely N-dealkylation sites (tertiary alicyclic amines) is 1. The first-order valence-electron chi connectivity index (χ1n) is 10.1. The fourth-order valence-corrected chi connectivity index (χ4v) is 4.96. The lowest BCUT2D eigenvalue weighted by atomic mass is 9.95. The highest BCUT2D eigenvalue weighted by Crippen LogP contribution is 2.29. The molecule has 1 saturated heterocycles. The summed E-state index contributed by atoms with van der Waals surface area (Å²) in [6.45, 7) is 4.91. The van der Waals surface area contributed by atoms with Crippen molar-refractivity contribution < 1.29 is 9.59 Å². The second-order valence-electron chi connectivity index (χ2n) is 7.57. The molecule has 1 aliphatic rings. The minimum atomic E-state index is -0.227. The third kappa shape index (κ3) is 3.87. The van der Waals surface area contributed by atoms with Crippen LogP contribution >= 0.6 is 11.3 Å². The van der Waals surface area contributed by atoms with Gasteiger partial charge in [-0.2, -0.15) is 0 Å². The van der Waals surface area contributed by atoms with Gasteiger partial charge in [-0.3, -0.25) is 14.4 Å². The molecular formula is C22H24N4O3S. The van der Waals surface area contributed by atoms with Crippen LogP contribution in [0.4, 0.5) is 5.69 Å². The van der Waals surface area contributed by atoms with Crippen molar-refractivity contribution in [3.63, 3.8) is 0 Å². The number of aryl methyl sites for hydroxylation is 2. The average Bonchev–Trinajstić information content (AvgIpc) is 3.11. The van der Waals surface area contributed by atoms with E-state index in [0.29, 0.717) is 46.6 Å². The molecule has 3 aromatic rings. The number of aromatic amines is 1. The number of rotatable bonds is 4. The van der Waals surface area contributed by atoms with Gasteiger partial charge in [-0.05, 0) is 49.4 Å². The normalized spacial score (nSPS) is 14.8. The molecule has 0 aliphatic carbocycles. The Balaban J connectivity index is 1.40. The van der Waals surface area contributed by atoms with Crippen molar-refractivity contribution in [2.75, 3.05) is 18.4 Å². The number of nitrogens with zero attached hydrogens (tertiary/aromatic N) is 2. The number of nitrogens with one attached hydrogen (secondary N) is 2. The summed E-state index contributed by atoms with van der Waals surface area (Å²) < 4.78 is 0. The smallest absolute Gasteiger partial charge is 0.264 e. The van der Waals surface area contributed by atoms with E-state index in [9.17, 15) is 14.4 Å². The average molecular weight is 425 g/mol. The second-order valence-corrected chi connectivity index (χ2v) is 8.57. The standard InChI is InChI=1S/C22H24N4O3S/c1-3-14-4-6-16(7-5-14)25-19(27)15-8-10-26(11-9-15)22(29)18-13(2)17-20(28)23-12-24-21(17)30-18/h4-7,12,15H,3,8-11H2,1-2H3,(H,25,27)(H,23,24,28). The van der Waals surface area contributed by atoms with Gasteiger partial charge in [-0.25, -0.2) is 4.98 Å². The number of anilines is 1. The van der Waals surface area contributed by atoms with Crippen molar-refractivity contribution in [1.82, 2.24) is 14.9 Å². The van der Waals surface area contributed by atoms with E-state index in [2.05, 4.69) is 22.2 Å². The summed E-state index contributed by atoms with van der Waals surface area (Å²) in [5.74, 6) is -0.211. The first kappa shape index (κ1) is 20.3. The molecule has 30 heavy (non-hydrogen) atoms. The summed E-state index contributed by atoms with van der Waals surface area (Å²) in [5.41, 5.74) is 2.47. The Hall–Kier alpha value is -3.00. The Kier molecular flexibility index (Phi) is 5.67. The zero-order valence-corrected chi connectivity index (χ0v) is 17.8. The van der Waals surface area contributed by atoms with Gasteiger partial charge < -0.3 is 15.2 Å². The Morgan fingerprint density at radius 1 is 1.23 bits per heavy atom. The minimum absolute atomic E-state index is 0.000115. The summed E-state index contributed by atoms with van der Waals surface area (Å²) in [7, 11) is 0. The molecule has 7 nitrogen and oxygen atoms in total. The van der Waals surface area contributed by atoms with Crippen LogP contribution in [0, 0.1) is 12.8 Å². The van der Waals surface area contributed by atoms with E-state index in [1.54, 1.807) is 11.8 Å². The van der Waals surface area contributed by atoms with Crippen LogP contribution in [0.2, 0.25) is 0 Å². The molecule has 0 bridgehead atoms. The van der Waals surface area contributed by atoms with Crippen molar-refractivity contribution >= 4 is 39.1 Å². The van der Waals surface area contributed by atoms with Crippen LogP contribution in [0.15, 0.2) is 35.4 Å². The van der Waals surface area contributed by atoms with Crippen LogP contribution in [0.5, 0.6) is 0 Å². The maximum absolute atomic E-state index is 13.0. The third-order valence-corrected chi connectivity index (χ3v) is 6.90. The summed E-state index contributed by atoms with van der Waals surface area (Å²) in [5, 5.41) is 3.47. The Labute approximate surface area is 178 Å². The van der Waals surface area contributed by atoms with Crippen LogP contribution in [-0.4, -0.2) is 39.8 Å². The number of fused-ring (bicyclic) bond motifs is 1. The van der Waals surface area contributed by atoms with Crippen molar-refractivity contribution in [2.24, 2.45) is 5.92 Å². The van der Waals surface area contributed by atoms with Crippen LogP contribution < -0.4 is 10.9 Å². The summed E-state index contributed by atoms with van der Waals surface area (Å²) in [6.07, 6.45) is 3.56. The molecule has 1 fully saturated rings. The Morgan fingerprint density at radius 2 is 1.93 bits per heavy atom. The van der Waals surface area contributed by atoms with Gasteiger partial charge >= 0.3 is 0 Å². The number of benzene rings is 1. The summed E-state index contributed by atoms with van der Waals surface area (Å²) in [6, 6.07) is 7.89. The van der Waals surface area contributed by atoms with Crippen LogP contribution in [-0.2, 0) is 11.2 Å². The SMILES string of the molecule is CCc1ccc(NC(=O)C2CCN(C(=O)c3sc4nc[nH]c(=O)c4c3C)CC2)cc1. The van der Waals surface area contributed by atoms with Gasteiger partial charge in [0.25, 0.3) is 11.5 Å². The molecule has 0 radical (unpaired) electrons. The van der Waals surface area contributed by atoms with Gasteiger partial charge in [0.1, 0.15) is 4.83 Å². The minimum Gasteiger partial charge on any atom is -0.338 e. The number of aromatic nitrogens is 2. The molecule has 0 atom stereocenters. The van der Waals surface area contributed by atoms with Gasteiger partial charge in [0.15, 0.2) is 0 Å². The van der Waals surface area contributed by atoms with E-state index in [0.717, 1.165) is 12.1 Å². The van der Waals surface area contributed by atoms with Crippen LogP contribution in [0.3, 0.4) is 0 Å². The maximum Gasteiger partial charge on any atom is 0.264 e. The molecule has 1 aliphatic heterocycles. The molecule has 1 aromatic carbocycles. The van der Waals surface area contributed by atoms with Gasteiger partial charge in [0, 0.05) is 24.7 Å². The van der Waals surface area contributed by atoms with E-state index in [-0.39, 0.29) is 23.3 Å². The first-order chi connectivity index (χ1) is 14.5. The summed E-state index contributed by atoms with van der Waals surface area (Å²) >= 11 is 1.25. The fraction of sp³-hybridized carbons (Fsp3) is 0.364. The number of hydrogen-bond donors (Lipinski definition) is 2. The molecule has 4 rings (SSSR count). The lowest BCUT2D eigenvalue weighted by molar-refractivity contribution is -0.121. The van der Waals surface area contributed by atoms with Crippen molar-refractivity contribution in [3.8, 4) is 0 Å². The highest BCUT2D eigenvalue weighted by molar-refractivity contribution is 7.20. The highest BCUT2D eigenvalue weighted by atomic mass is 32.1. The van der Waals surface area contributed by atoms with Crippen molar-refractivity contribution in [3.05, 3.63) is 57.0 Å². The van der Waals surface area contributed by atoms with Crippen LogP contribution in [0.25, 0.3) is 10.2 Å². The number of carbonyl (C=O) groups excluding carboxylic acids is 2. The topological polar surface area (TPSA) is 95.2 Å². The number of amides is 2. The predicted molar refractivity (Wildman–Crippen MR) is 118 cm³/mol. The monoisotopic (exact) mass is 424 g/mol.